The Hall–Kier alpha value is -2.97. The smallest absolute Gasteiger partial charge is 0.352 e. The number of piperidine rings is 1. The molecule has 5 nitrogen and oxygen atoms in total. The third-order valence-corrected chi connectivity index (χ3v) is 6.10. The monoisotopic (exact) mass is 449 g/mol. The fraction of sp³-hybridized carbons (Fsp3) is 0.435. The molecule has 9 heteroatoms. The Balaban J connectivity index is 1.42. The van der Waals surface area contributed by atoms with E-state index in [1.165, 1.54) is 12.1 Å². The summed E-state index contributed by atoms with van der Waals surface area (Å²) in [5, 5.41) is 2.45. The topological polar surface area (TPSA) is 62.3 Å². The highest BCUT2D eigenvalue weighted by Gasteiger charge is 2.39. The molecule has 0 unspecified atom stereocenters. The van der Waals surface area contributed by atoms with Crippen LogP contribution in [0.15, 0.2) is 30.3 Å². The lowest BCUT2D eigenvalue weighted by atomic mass is 9.89. The summed E-state index contributed by atoms with van der Waals surface area (Å²) in [6, 6.07) is 7.01. The zero-order valence-corrected chi connectivity index (χ0v) is 17.3. The number of rotatable bonds is 4. The van der Waals surface area contributed by atoms with Gasteiger partial charge in [-0.05, 0) is 43.0 Å². The van der Waals surface area contributed by atoms with E-state index in [0.717, 1.165) is 11.6 Å². The molecule has 1 aromatic carbocycles. The number of nitrogens with zero attached hydrogens (tertiary/aromatic N) is 2. The molecule has 1 saturated heterocycles. The lowest BCUT2D eigenvalue weighted by Gasteiger charge is -2.32. The van der Waals surface area contributed by atoms with Crippen molar-refractivity contribution >= 4 is 11.8 Å². The van der Waals surface area contributed by atoms with Crippen LogP contribution in [-0.4, -0.2) is 41.3 Å². The Morgan fingerprint density at radius 1 is 1.16 bits per heavy atom. The van der Waals surface area contributed by atoms with Crippen molar-refractivity contribution in [2.24, 2.45) is 0 Å². The zero-order chi connectivity index (χ0) is 22.9. The molecule has 1 aromatic heterocycles. The summed E-state index contributed by atoms with van der Waals surface area (Å²) < 4.78 is 53.9. The number of nitrogens with one attached hydrogen (secondary N) is 1. The van der Waals surface area contributed by atoms with Crippen molar-refractivity contribution in [2.45, 2.75) is 44.2 Å². The molecule has 2 aliphatic rings. The minimum absolute atomic E-state index is 0.0289. The number of aryl methyl sites for hydroxylation is 1. The maximum atomic E-state index is 13.6. The van der Waals surface area contributed by atoms with Gasteiger partial charge in [-0.3, -0.25) is 14.6 Å². The summed E-state index contributed by atoms with van der Waals surface area (Å²) in [6.07, 6.45) is -2.57. The van der Waals surface area contributed by atoms with Gasteiger partial charge in [-0.1, -0.05) is 12.1 Å². The van der Waals surface area contributed by atoms with Crippen LogP contribution >= 0.6 is 0 Å². The molecule has 32 heavy (non-hydrogen) atoms. The summed E-state index contributed by atoms with van der Waals surface area (Å²) in [5.74, 6) is -1.29. The molecule has 0 bridgehead atoms. The van der Waals surface area contributed by atoms with Crippen molar-refractivity contribution in [1.29, 1.82) is 0 Å². The molecule has 4 rings (SSSR count). The van der Waals surface area contributed by atoms with Gasteiger partial charge in [0.25, 0.3) is 5.91 Å². The van der Waals surface area contributed by atoms with Crippen LogP contribution in [0.2, 0.25) is 0 Å². The number of hydrogen-bond donors (Lipinski definition) is 1. The Bertz CT molecular complexity index is 1010. The number of carbonyl (C=O) groups is 2. The summed E-state index contributed by atoms with van der Waals surface area (Å²) in [5.41, 5.74) is 0.0885. The molecule has 1 N–H and O–H groups in total. The van der Waals surface area contributed by atoms with Gasteiger partial charge in [0, 0.05) is 44.1 Å². The number of alkyl halides is 3. The quantitative estimate of drug-likeness (QED) is 0.721. The molecular weight excluding hydrogens is 426 g/mol. The number of benzene rings is 1. The predicted molar refractivity (Wildman–Crippen MR) is 109 cm³/mol. The summed E-state index contributed by atoms with van der Waals surface area (Å²) in [4.78, 5) is 30.7. The maximum absolute atomic E-state index is 13.6. The molecule has 0 aliphatic carbocycles. The number of fused-ring (bicyclic) bond motifs is 1. The lowest BCUT2D eigenvalue weighted by Crippen LogP contribution is -2.39. The molecule has 3 heterocycles. The first-order chi connectivity index (χ1) is 15.2. The van der Waals surface area contributed by atoms with Crippen LogP contribution in [-0.2, 0) is 23.8 Å². The molecule has 2 aliphatic heterocycles. The summed E-state index contributed by atoms with van der Waals surface area (Å²) >= 11 is 0. The molecule has 0 atom stereocenters. The number of aromatic nitrogens is 1. The Morgan fingerprint density at radius 2 is 1.84 bits per heavy atom. The maximum Gasteiger partial charge on any atom is 0.417 e. The van der Waals surface area contributed by atoms with Crippen LogP contribution in [0.5, 0.6) is 0 Å². The number of halogens is 4. The van der Waals surface area contributed by atoms with Crippen LogP contribution in [0.1, 0.15) is 58.1 Å². The van der Waals surface area contributed by atoms with E-state index in [4.69, 9.17) is 0 Å². The van der Waals surface area contributed by atoms with Crippen LogP contribution in [0, 0.1) is 5.82 Å². The van der Waals surface area contributed by atoms with Crippen LogP contribution < -0.4 is 5.32 Å². The van der Waals surface area contributed by atoms with E-state index in [0.29, 0.717) is 44.5 Å². The predicted octanol–water partition coefficient (Wildman–Crippen LogP) is 3.86. The number of pyridine rings is 1. The molecule has 1 fully saturated rings. The second kappa shape index (κ2) is 8.88. The van der Waals surface area contributed by atoms with Crippen LogP contribution in [0.4, 0.5) is 17.6 Å². The second-order valence-corrected chi connectivity index (χ2v) is 8.20. The SMILES string of the molecule is O=C1NCCc2nc(C3CCN(C(=O)CCc4ccc(F)cc4)CC3)cc(C(F)(F)F)c21. The minimum Gasteiger partial charge on any atom is -0.352 e. The van der Waals surface area contributed by atoms with E-state index in [1.807, 2.05) is 0 Å². The van der Waals surface area contributed by atoms with Gasteiger partial charge in [0.05, 0.1) is 16.8 Å². The van der Waals surface area contributed by atoms with E-state index in [1.54, 1.807) is 17.0 Å². The van der Waals surface area contributed by atoms with E-state index in [-0.39, 0.29) is 41.9 Å². The van der Waals surface area contributed by atoms with E-state index < -0.39 is 17.6 Å². The third kappa shape index (κ3) is 4.76. The van der Waals surface area contributed by atoms with Crippen molar-refractivity contribution in [1.82, 2.24) is 15.2 Å². The van der Waals surface area contributed by atoms with Crippen LogP contribution in [0.25, 0.3) is 0 Å². The molecule has 0 radical (unpaired) electrons. The average molecular weight is 449 g/mol. The zero-order valence-electron chi connectivity index (χ0n) is 17.3. The fourth-order valence-electron chi connectivity index (χ4n) is 4.35. The highest BCUT2D eigenvalue weighted by Crippen LogP contribution is 2.37. The second-order valence-electron chi connectivity index (χ2n) is 8.20. The van der Waals surface area contributed by atoms with E-state index in [2.05, 4.69) is 10.3 Å². The van der Waals surface area contributed by atoms with Crippen molar-refractivity contribution in [2.75, 3.05) is 19.6 Å². The highest BCUT2D eigenvalue weighted by atomic mass is 19.4. The van der Waals surface area contributed by atoms with Gasteiger partial charge in [-0.2, -0.15) is 13.2 Å². The minimum atomic E-state index is -4.65. The molecule has 2 aromatic rings. The standard InChI is InChI=1S/C23H23F4N3O2/c24-16-4-1-14(2-5-16)3-6-20(31)30-11-8-15(9-12-30)19-13-17(23(25,26)27)21-18(29-19)7-10-28-22(21)32/h1-2,4-5,13,15H,3,6-12H2,(H,28,32). The van der Waals surface area contributed by atoms with Crippen LogP contribution in [0.3, 0.4) is 0 Å². The Morgan fingerprint density at radius 3 is 2.50 bits per heavy atom. The Labute approximate surface area is 182 Å². The van der Waals surface area contributed by atoms with E-state index >= 15 is 0 Å². The van der Waals surface area contributed by atoms with Gasteiger partial charge in [0.1, 0.15) is 5.82 Å². The first-order valence-corrected chi connectivity index (χ1v) is 10.6. The van der Waals surface area contributed by atoms with Gasteiger partial charge in [-0.25, -0.2) is 4.39 Å². The molecular formula is C23H23F4N3O2. The normalized spacial score (nSPS) is 17.1. The van der Waals surface area contributed by atoms with E-state index in [9.17, 15) is 27.2 Å². The van der Waals surface area contributed by atoms with Crippen molar-refractivity contribution in [3.63, 3.8) is 0 Å². The van der Waals surface area contributed by atoms with Gasteiger partial charge in [0.2, 0.25) is 5.91 Å². The third-order valence-electron chi connectivity index (χ3n) is 6.10. The molecule has 170 valence electrons. The van der Waals surface area contributed by atoms with Gasteiger partial charge < -0.3 is 10.2 Å². The van der Waals surface area contributed by atoms with Crippen molar-refractivity contribution < 1.29 is 27.2 Å². The first-order valence-electron chi connectivity index (χ1n) is 10.6. The fourth-order valence-corrected chi connectivity index (χ4v) is 4.35. The van der Waals surface area contributed by atoms with Gasteiger partial charge in [-0.15, -0.1) is 0 Å². The number of carbonyl (C=O) groups excluding carboxylic acids is 2. The first kappa shape index (κ1) is 22.2. The van der Waals surface area contributed by atoms with Gasteiger partial charge in [0.15, 0.2) is 0 Å². The molecule has 0 saturated carbocycles. The number of amides is 2. The lowest BCUT2D eigenvalue weighted by molar-refractivity contribution is -0.138. The highest BCUT2D eigenvalue weighted by molar-refractivity contribution is 5.98. The summed E-state index contributed by atoms with van der Waals surface area (Å²) in [6.45, 7) is 1.14. The Kier molecular flexibility index (Phi) is 6.17. The molecule has 0 spiro atoms. The largest absolute Gasteiger partial charge is 0.417 e. The molecule has 2 amide bonds. The van der Waals surface area contributed by atoms with Crippen molar-refractivity contribution in [3.05, 3.63) is 64.2 Å². The average Bonchev–Trinajstić information content (AvgIpc) is 2.77. The summed E-state index contributed by atoms with van der Waals surface area (Å²) in [7, 11) is 0. The number of likely N-dealkylation sites (tertiary alicyclic amines) is 1. The van der Waals surface area contributed by atoms with Gasteiger partial charge >= 0.3 is 6.18 Å². The van der Waals surface area contributed by atoms with Crippen molar-refractivity contribution in [3.8, 4) is 0 Å². The number of hydrogen-bond acceptors (Lipinski definition) is 3.